The first kappa shape index (κ1) is 9.83. The number of hydrogen-bond donors (Lipinski definition) is 1. The number of rotatable bonds is 3. The molecule has 2 aliphatic heterocycles. The fraction of sp³-hybridized carbons (Fsp3) is 0.923. The highest BCUT2D eigenvalue weighted by atomic mass is 16.1. The van der Waals surface area contributed by atoms with Crippen molar-refractivity contribution in [1.82, 2.24) is 5.32 Å². The predicted octanol–water partition coefficient (Wildman–Crippen LogP) is 2.13. The average Bonchev–Trinajstić information content (AvgIpc) is 3.02. The molecule has 15 heavy (non-hydrogen) atoms. The Bertz CT molecular complexity index is 272. The smallest absolute Gasteiger partial charge is 0.146 e. The van der Waals surface area contributed by atoms with E-state index in [-0.39, 0.29) is 6.04 Å². The zero-order valence-corrected chi connectivity index (χ0v) is 9.54. The normalized spacial score (nSPS) is 44.3. The molecule has 0 unspecified atom stereocenters. The van der Waals surface area contributed by atoms with Crippen molar-refractivity contribution in [1.29, 1.82) is 0 Å². The lowest BCUT2D eigenvalue weighted by Gasteiger charge is -2.47. The van der Waals surface area contributed by atoms with E-state index in [1.165, 1.54) is 38.5 Å². The minimum absolute atomic E-state index is 0.194. The molecule has 4 aliphatic rings. The highest BCUT2D eigenvalue weighted by molar-refractivity contribution is 5.82. The first-order valence-electron chi connectivity index (χ1n) is 6.50. The fourth-order valence-electron chi connectivity index (χ4n) is 3.68. The van der Waals surface area contributed by atoms with E-state index in [4.69, 9.17) is 0 Å². The van der Waals surface area contributed by atoms with Crippen LogP contribution in [0.3, 0.4) is 0 Å². The third kappa shape index (κ3) is 1.84. The van der Waals surface area contributed by atoms with Gasteiger partial charge in [-0.15, -0.1) is 0 Å². The molecular formula is C13H21NO. The number of piperidine rings is 2. The van der Waals surface area contributed by atoms with E-state index in [1.807, 2.05) is 0 Å². The SMILES string of the molecule is CC(=O)[C@H]1N[C@H]2CC[C@@H]1C[C@@H]2CC1CC1. The molecule has 2 saturated heterocycles. The van der Waals surface area contributed by atoms with Crippen LogP contribution in [0, 0.1) is 17.8 Å². The summed E-state index contributed by atoms with van der Waals surface area (Å²) in [5.41, 5.74) is 0. The Morgan fingerprint density at radius 1 is 1.27 bits per heavy atom. The molecule has 2 heteroatoms. The van der Waals surface area contributed by atoms with Gasteiger partial charge in [-0.05, 0) is 50.4 Å². The van der Waals surface area contributed by atoms with E-state index >= 15 is 0 Å². The number of fused-ring (bicyclic) bond motifs is 3. The van der Waals surface area contributed by atoms with Gasteiger partial charge in [-0.1, -0.05) is 12.8 Å². The molecule has 1 N–H and O–H groups in total. The van der Waals surface area contributed by atoms with E-state index in [0.29, 0.717) is 17.7 Å². The molecule has 2 nitrogen and oxygen atoms in total. The van der Waals surface area contributed by atoms with Crippen LogP contribution in [-0.2, 0) is 4.79 Å². The van der Waals surface area contributed by atoms with Gasteiger partial charge in [0.1, 0.15) is 5.78 Å². The second kappa shape index (κ2) is 3.58. The summed E-state index contributed by atoms with van der Waals surface area (Å²) >= 11 is 0. The highest BCUT2D eigenvalue weighted by Crippen LogP contribution is 2.44. The Balaban J connectivity index is 1.65. The second-order valence-electron chi connectivity index (χ2n) is 5.87. The van der Waals surface area contributed by atoms with Crippen LogP contribution in [0.5, 0.6) is 0 Å². The topological polar surface area (TPSA) is 29.1 Å². The van der Waals surface area contributed by atoms with Crippen LogP contribution in [0.1, 0.15) is 45.4 Å². The van der Waals surface area contributed by atoms with Gasteiger partial charge in [0.2, 0.25) is 0 Å². The van der Waals surface area contributed by atoms with Crippen LogP contribution in [-0.4, -0.2) is 17.9 Å². The van der Waals surface area contributed by atoms with Gasteiger partial charge in [-0.25, -0.2) is 0 Å². The Morgan fingerprint density at radius 2 is 2.07 bits per heavy atom. The lowest BCUT2D eigenvalue weighted by molar-refractivity contribution is -0.123. The molecular weight excluding hydrogens is 186 g/mol. The second-order valence-corrected chi connectivity index (χ2v) is 5.87. The predicted molar refractivity (Wildman–Crippen MR) is 59.6 cm³/mol. The number of carbonyl (C=O) groups excluding carboxylic acids is 1. The van der Waals surface area contributed by atoms with Crippen LogP contribution in [0.25, 0.3) is 0 Å². The van der Waals surface area contributed by atoms with E-state index in [9.17, 15) is 4.79 Å². The minimum atomic E-state index is 0.194. The lowest BCUT2D eigenvalue weighted by Crippen LogP contribution is -2.59. The number of hydrogen-bond acceptors (Lipinski definition) is 2. The Morgan fingerprint density at radius 3 is 2.60 bits per heavy atom. The minimum Gasteiger partial charge on any atom is -0.304 e. The van der Waals surface area contributed by atoms with Gasteiger partial charge in [0.25, 0.3) is 0 Å². The summed E-state index contributed by atoms with van der Waals surface area (Å²) in [4.78, 5) is 11.5. The quantitative estimate of drug-likeness (QED) is 0.768. The molecule has 84 valence electrons. The summed E-state index contributed by atoms with van der Waals surface area (Å²) < 4.78 is 0. The number of Topliss-reactive ketones (excluding diaryl/α,β-unsaturated/α-hetero) is 1. The number of ketones is 1. The van der Waals surface area contributed by atoms with Crippen LogP contribution >= 0.6 is 0 Å². The van der Waals surface area contributed by atoms with Gasteiger partial charge >= 0.3 is 0 Å². The van der Waals surface area contributed by atoms with Gasteiger partial charge in [0.05, 0.1) is 6.04 Å². The summed E-state index contributed by atoms with van der Waals surface area (Å²) in [6, 6.07) is 0.851. The van der Waals surface area contributed by atoms with Crippen LogP contribution < -0.4 is 5.32 Å². The monoisotopic (exact) mass is 207 g/mol. The van der Waals surface area contributed by atoms with Crippen molar-refractivity contribution >= 4 is 5.78 Å². The molecule has 4 fully saturated rings. The molecule has 0 radical (unpaired) electrons. The molecule has 4 atom stereocenters. The molecule has 2 aliphatic carbocycles. The van der Waals surface area contributed by atoms with E-state index < -0.39 is 0 Å². The summed E-state index contributed by atoms with van der Waals surface area (Å²) in [5.74, 6) is 2.92. The molecule has 2 bridgehead atoms. The van der Waals surface area contributed by atoms with Crippen molar-refractivity contribution in [3.8, 4) is 0 Å². The maximum absolute atomic E-state index is 11.5. The van der Waals surface area contributed by atoms with Gasteiger partial charge in [0, 0.05) is 6.04 Å². The first-order valence-corrected chi connectivity index (χ1v) is 6.50. The molecule has 0 spiro atoms. The largest absolute Gasteiger partial charge is 0.304 e. The van der Waals surface area contributed by atoms with Gasteiger partial charge in [0.15, 0.2) is 0 Å². The Kier molecular flexibility index (Phi) is 2.35. The number of carbonyl (C=O) groups is 1. The van der Waals surface area contributed by atoms with Crippen molar-refractivity contribution in [2.45, 2.75) is 57.5 Å². The van der Waals surface area contributed by atoms with Crippen molar-refractivity contribution in [2.75, 3.05) is 0 Å². The highest BCUT2D eigenvalue weighted by Gasteiger charge is 2.44. The maximum Gasteiger partial charge on any atom is 0.146 e. The van der Waals surface area contributed by atoms with E-state index in [1.54, 1.807) is 6.92 Å². The van der Waals surface area contributed by atoms with Crippen LogP contribution in [0.15, 0.2) is 0 Å². The Hall–Kier alpha value is -0.370. The summed E-state index contributed by atoms with van der Waals surface area (Å²) in [5, 5.41) is 3.59. The molecule has 0 aromatic carbocycles. The third-order valence-corrected chi connectivity index (χ3v) is 4.66. The Labute approximate surface area is 91.8 Å². The average molecular weight is 207 g/mol. The van der Waals surface area contributed by atoms with Crippen LogP contribution in [0.2, 0.25) is 0 Å². The lowest BCUT2D eigenvalue weighted by atomic mass is 9.68. The standard InChI is InChI=1S/C13H21NO/c1-8(15)13-10-4-5-12(14-13)11(7-10)6-9-2-3-9/h9-14H,2-7H2,1H3/t10-,11+,12+,13-/m1/s1. The summed E-state index contributed by atoms with van der Waals surface area (Å²) in [7, 11) is 0. The fourth-order valence-corrected chi connectivity index (χ4v) is 3.68. The third-order valence-electron chi connectivity index (χ3n) is 4.66. The van der Waals surface area contributed by atoms with Crippen molar-refractivity contribution in [3.05, 3.63) is 0 Å². The van der Waals surface area contributed by atoms with E-state index in [0.717, 1.165) is 11.8 Å². The zero-order valence-electron chi connectivity index (χ0n) is 9.54. The van der Waals surface area contributed by atoms with Gasteiger partial charge in [-0.2, -0.15) is 0 Å². The first-order chi connectivity index (χ1) is 7.24. The maximum atomic E-state index is 11.5. The summed E-state index contributed by atoms with van der Waals surface area (Å²) in [6.45, 7) is 1.74. The van der Waals surface area contributed by atoms with Crippen molar-refractivity contribution in [3.63, 3.8) is 0 Å². The van der Waals surface area contributed by atoms with Gasteiger partial charge in [-0.3, -0.25) is 4.79 Å². The van der Waals surface area contributed by atoms with Crippen LogP contribution in [0.4, 0.5) is 0 Å². The molecule has 4 rings (SSSR count). The van der Waals surface area contributed by atoms with Crippen molar-refractivity contribution in [2.24, 2.45) is 17.8 Å². The molecule has 0 aromatic rings. The van der Waals surface area contributed by atoms with E-state index in [2.05, 4.69) is 5.32 Å². The molecule has 2 saturated carbocycles. The molecule has 0 aromatic heterocycles. The molecule has 2 heterocycles. The zero-order chi connectivity index (χ0) is 10.4. The summed E-state index contributed by atoms with van der Waals surface area (Å²) in [6.07, 6.45) is 8.26. The number of nitrogens with one attached hydrogen (secondary N) is 1. The van der Waals surface area contributed by atoms with Crippen molar-refractivity contribution < 1.29 is 4.79 Å². The molecule has 0 amide bonds. The van der Waals surface area contributed by atoms with Gasteiger partial charge < -0.3 is 5.32 Å².